The number of rotatable bonds is 6. The number of halogens is 1. The van der Waals surface area contributed by atoms with Crippen LogP contribution in [0.5, 0.6) is 0 Å². The molecule has 9 nitrogen and oxygen atoms in total. The molecule has 2 heterocycles. The first kappa shape index (κ1) is 17.5. The molecule has 0 bridgehead atoms. The van der Waals surface area contributed by atoms with Crippen LogP contribution in [0.25, 0.3) is 17.5 Å². The first-order valence-corrected chi connectivity index (χ1v) is 7.98. The van der Waals surface area contributed by atoms with Crippen LogP contribution in [0.1, 0.15) is 11.7 Å². The lowest BCUT2D eigenvalue weighted by atomic mass is 10.2. The van der Waals surface area contributed by atoms with Gasteiger partial charge in [0, 0.05) is 23.8 Å². The lowest BCUT2D eigenvalue weighted by Gasteiger charge is -1.97. The third-order valence-corrected chi connectivity index (χ3v) is 3.53. The first-order valence-electron chi connectivity index (χ1n) is 7.18. The van der Waals surface area contributed by atoms with Crippen molar-refractivity contribution in [1.82, 2.24) is 10.2 Å². The molecule has 0 aliphatic rings. The van der Waals surface area contributed by atoms with Gasteiger partial charge in [-0.1, -0.05) is 0 Å². The highest BCUT2D eigenvalue weighted by Gasteiger charge is 2.12. The predicted octanol–water partition coefficient (Wildman–Crippen LogP) is 3.76. The summed E-state index contributed by atoms with van der Waals surface area (Å²) in [7, 11) is 0. The highest BCUT2D eigenvalue weighted by Crippen LogP contribution is 2.21. The van der Waals surface area contributed by atoms with E-state index in [-0.39, 0.29) is 24.1 Å². The number of hydrogen-bond acceptors (Lipinski definition) is 8. The zero-order chi connectivity index (χ0) is 18.5. The minimum absolute atomic E-state index is 0.0437. The summed E-state index contributed by atoms with van der Waals surface area (Å²) >= 11 is 3.16. The van der Waals surface area contributed by atoms with Crippen molar-refractivity contribution in [1.29, 1.82) is 0 Å². The third-order valence-electron chi connectivity index (χ3n) is 3.11. The molecule has 0 radical (unpaired) electrons. The number of carbonyl (C=O) groups excluding carboxylic acids is 1. The molecule has 0 saturated heterocycles. The molecule has 0 atom stereocenters. The van der Waals surface area contributed by atoms with Crippen LogP contribution >= 0.6 is 15.9 Å². The van der Waals surface area contributed by atoms with E-state index in [1.165, 1.54) is 36.4 Å². The largest absolute Gasteiger partial charge is 0.452 e. The molecule has 0 amide bonds. The molecule has 1 aromatic carbocycles. The fourth-order valence-corrected chi connectivity index (χ4v) is 2.22. The van der Waals surface area contributed by atoms with Gasteiger partial charge in [-0.2, -0.15) is 0 Å². The molecule has 0 fully saturated rings. The number of benzene rings is 1. The number of carbonyl (C=O) groups is 1. The Morgan fingerprint density at radius 3 is 2.62 bits per heavy atom. The topological polar surface area (TPSA) is 122 Å². The van der Waals surface area contributed by atoms with Crippen molar-refractivity contribution in [2.45, 2.75) is 6.61 Å². The summed E-state index contributed by atoms with van der Waals surface area (Å²) in [4.78, 5) is 21.8. The molecular weight excluding hydrogens is 410 g/mol. The number of nitro groups is 1. The molecule has 0 N–H and O–H groups in total. The van der Waals surface area contributed by atoms with E-state index in [0.29, 0.717) is 16.0 Å². The second-order valence-corrected chi connectivity index (χ2v) is 5.67. The summed E-state index contributed by atoms with van der Waals surface area (Å²) < 4.78 is 16.1. The van der Waals surface area contributed by atoms with E-state index in [1.807, 2.05) is 0 Å². The molecule has 0 saturated carbocycles. The van der Waals surface area contributed by atoms with Crippen LogP contribution in [0.15, 0.2) is 56.0 Å². The van der Waals surface area contributed by atoms with E-state index >= 15 is 0 Å². The van der Waals surface area contributed by atoms with Gasteiger partial charge in [0.05, 0.1) is 4.92 Å². The molecule has 3 aromatic rings. The van der Waals surface area contributed by atoms with E-state index in [0.717, 1.165) is 0 Å². The molecule has 0 aliphatic carbocycles. The zero-order valence-electron chi connectivity index (χ0n) is 13.0. The number of nitrogens with zero attached hydrogens (tertiary/aromatic N) is 3. The summed E-state index contributed by atoms with van der Waals surface area (Å²) in [6.45, 7) is -0.203. The fourth-order valence-electron chi connectivity index (χ4n) is 1.90. The van der Waals surface area contributed by atoms with Gasteiger partial charge in [0.2, 0.25) is 5.89 Å². The van der Waals surface area contributed by atoms with Gasteiger partial charge in [-0.15, -0.1) is 10.2 Å². The molecule has 0 spiro atoms. The lowest BCUT2D eigenvalue weighted by molar-refractivity contribution is -0.384. The Bertz CT molecular complexity index is 961. The lowest BCUT2D eigenvalue weighted by Crippen LogP contribution is -2.00. The van der Waals surface area contributed by atoms with Gasteiger partial charge in [-0.3, -0.25) is 10.1 Å². The second kappa shape index (κ2) is 7.74. The maximum absolute atomic E-state index is 11.7. The molecule has 26 heavy (non-hydrogen) atoms. The number of nitro benzene ring substituents is 1. The van der Waals surface area contributed by atoms with E-state index in [9.17, 15) is 14.9 Å². The molecular formula is C16H10BrN3O6. The van der Waals surface area contributed by atoms with Gasteiger partial charge in [0.15, 0.2) is 11.3 Å². The van der Waals surface area contributed by atoms with Crippen LogP contribution in [0.2, 0.25) is 0 Å². The van der Waals surface area contributed by atoms with Gasteiger partial charge in [-0.05, 0) is 46.3 Å². The van der Waals surface area contributed by atoms with E-state index in [1.54, 1.807) is 12.1 Å². The van der Waals surface area contributed by atoms with Crippen molar-refractivity contribution in [3.8, 4) is 11.5 Å². The van der Waals surface area contributed by atoms with Gasteiger partial charge in [-0.25, -0.2) is 4.79 Å². The average Bonchev–Trinajstić information content (AvgIpc) is 3.27. The van der Waals surface area contributed by atoms with Crippen LogP contribution in [-0.2, 0) is 16.1 Å². The highest BCUT2D eigenvalue weighted by atomic mass is 79.9. The Balaban J connectivity index is 1.57. The van der Waals surface area contributed by atoms with Crippen molar-refractivity contribution in [2.24, 2.45) is 0 Å². The number of aromatic nitrogens is 2. The molecule has 0 unspecified atom stereocenters. The van der Waals surface area contributed by atoms with Gasteiger partial charge >= 0.3 is 5.97 Å². The number of hydrogen-bond donors (Lipinski definition) is 0. The van der Waals surface area contributed by atoms with Crippen molar-refractivity contribution in [3.63, 3.8) is 0 Å². The Hall–Kier alpha value is -3.27. The number of esters is 1. The predicted molar refractivity (Wildman–Crippen MR) is 91.6 cm³/mol. The Morgan fingerprint density at radius 2 is 1.96 bits per heavy atom. The van der Waals surface area contributed by atoms with Crippen LogP contribution in [0.4, 0.5) is 5.69 Å². The van der Waals surface area contributed by atoms with Gasteiger partial charge in [0.1, 0.15) is 5.76 Å². The maximum atomic E-state index is 11.7. The number of ether oxygens (including phenoxy) is 1. The van der Waals surface area contributed by atoms with Crippen LogP contribution in [0, 0.1) is 10.1 Å². The number of furan rings is 1. The summed E-state index contributed by atoms with van der Waals surface area (Å²) in [6.07, 6.45) is 2.67. The monoisotopic (exact) mass is 419 g/mol. The van der Waals surface area contributed by atoms with E-state index in [4.69, 9.17) is 13.6 Å². The molecule has 10 heteroatoms. The standard InChI is InChI=1S/C16H10BrN3O6/c17-13-7-5-12(25-13)6-8-15(21)24-9-14-18-19-16(26-14)10-1-3-11(4-2-10)20(22)23/h1-8H,9H2/b8-6+. The van der Waals surface area contributed by atoms with Crippen molar-refractivity contribution >= 4 is 33.7 Å². The maximum Gasteiger partial charge on any atom is 0.331 e. The molecule has 132 valence electrons. The summed E-state index contributed by atoms with van der Waals surface area (Å²) in [5, 5.41) is 18.2. The molecule has 3 rings (SSSR count). The number of non-ortho nitro benzene ring substituents is 1. The van der Waals surface area contributed by atoms with Gasteiger partial charge in [0.25, 0.3) is 11.6 Å². The minimum atomic E-state index is -0.604. The first-order chi connectivity index (χ1) is 12.5. The van der Waals surface area contributed by atoms with Crippen LogP contribution in [0.3, 0.4) is 0 Å². The smallest absolute Gasteiger partial charge is 0.331 e. The van der Waals surface area contributed by atoms with Gasteiger partial charge < -0.3 is 13.6 Å². The Morgan fingerprint density at radius 1 is 1.19 bits per heavy atom. The molecule has 2 aromatic heterocycles. The van der Waals surface area contributed by atoms with E-state index < -0.39 is 10.9 Å². The highest BCUT2D eigenvalue weighted by molar-refractivity contribution is 9.10. The summed E-state index contributed by atoms with van der Waals surface area (Å²) in [5.74, 6) is 0.155. The van der Waals surface area contributed by atoms with Crippen molar-refractivity contribution < 1.29 is 23.3 Å². The average molecular weight is 420 g/mol. The third kappa shape index (κ3) is 4.42. The Kier molecular flexibility index (Phi) is 5.23. The minimum Gasteiger partial charge on any atom is -0.452 e. The van der Waals surface area contributed by atoms with Crippen molar-refractivity contribution in [3.05, 3.63) is 68.9 Å². The second-order valence-electron chi connectivity index (χ2n) is 4.89. The van der Waals surface area contributed by atoms with Crippen molar-refractivity contribution in [2.75, 3.05) is 0 Å². The SMILES string of the molecule is O=C(/C=C/c1ccc(Br)o1)OCc1nnc(-c2ccc([N+](=O)[O-])cc2)o1. The molecule has 0 aliphatic heterocycles. The van der Waals surface area contributed by atoms with Crippen LogP contribution in [-0.4, -0.2) is 21.1 Å². The Labute approximate surface area is 154 Å². The van der Waals surface area contributed by atoms with Crippen LogP contribution < -0.4 is 0 Å². The fraction of sp³-hybridized carbons (Fsp3) is 0.0625. The quantitative estimate of drug-likeness (QED) is 0.256. The zero-order valence-corrected chi connectivity index (χ0v) is 14.6. The van der Waals surface area contributed by atoms with E-state index in [2.05, 4.69) is 26.1 Å². The summed E-state index contributed by atoms with van der Waals surface area (Å²) in [5.41, 5.74) is 0.474. The summed E-state index contributed by atoms with van der Waals surface area (Å²) in [6, 6.07) is 9.02. The normalized spacial score (nSPS) is 11.0.